The van der Waals surface area contributed by atoms with Crippen LogP contribution in [-0.4, -0.2) is 59.9 Å². The summed E-state index contributed by atoms with van der Waals surface area (Å²) in [6.45, 7) is 2.14. The van der Waals surface area contributed by atoms with Crippen molar-refractivity contribution in [1.82, 2.24) is 9.47 Å². The highest BCUT2D eigenvalue weighted by atomic mass is 35.5. The zero-order valence-corrected chi connectivity index (χ0v) is 20.6. The van der Waals surface area contributed by atoms with Crippen molar-refractivity contribution >= 4 is 45.0 Å². The number of aromatic carboxylic acids is 1. The number of morpholine rings is 1. The zero-order chi connectivity index (χ0) is 24.5. The maximum absolute atomic E-state index is 13.3. The van der Waals surface area contributed by atoms with Gasteiger partial charge in [-0.3, -0.25) is 4.79 Å². The van der Waals surface area contributed by atoms with Crippen molar-refractivity contribution in [3.8, 4) is 28.1 Å². The molecule has 180 valence electrons. The Morgan fingerprint density at radius 3 is 2.49 bits per heavy atom. The van der Waals surface area contributed by atoms with Gasteiger partial charge < -0.3 is 24.0 Å². The highest BCUT2D eigenvalue weighted by Gasteiger charge is 2.27. The van der Waals surface area contributed by atoms with Gasteiger partial charge in [0.2, 0.25) is 5.91 Å². The van der Waals surface area contributed by atoms with Crippen molar-refractivity contribution in [2.45, 2.75) is 6.54 Å². The van der Waals surface area contributed by atoms with Crippen molar-refractivity contribution < 1.29 is 24.2 Å². The maximum atomic E-state index is 13.3. The minimum atomic E-state index is -0.995. The highest BCUT2D eigenvalue weighted by molar-refractivity contribution is 7.21. The number of nitrogens with zero attached hydrogens (tertiary/aromatic N) is 2. The summed E-state index contributed by atoms with van der Waals surface area (Å²) in [6.07, 6.45) is 0. The summed E-state index contributed by atoms with van der Waals surface area (Å²) in [7, 11) is 1.56. The zero-order valence-electron chi connectivity index (χ0n) is 19.0. The normalized spacial score (nSPS) is 13.8. The third-order valence-corrected chi connectivity index (χ3v) is 7.52. The van der Waals surface area contributed by atoms with E-state index in [1.165, 1.54) is 11.3 Å². The number of thiophene rings is 1. The van der Waals surface area contributed by atoms with E-state index in [-0.39, 0.29) is 17.3 Å². The Kier molecular flexibility index (Phi) is 6.51. The van der Waals surface area contributed by atoms with Gasteiger partial charge in [-0.25, -0.2) is 4.79 Å². The van der Waals surface area contributed by atoms with Crippen molar-refractivity contribution in [3.63, 3.8) is 0 Å². The first-order valence-corrected chi connectivity index (χ1v) is 12.3. The molecule has 0 radical (unpaired) electrons. The van der Waals surface area contributed by atoms with Crippen molar-refractivity contribution in [2.24, 2.45) is 0 Å². The Balaban J connectivity index is 1.76. The van der Waals surface area contributed by atoms with Gasteiger partial charge in [0.05, 0.1) is 41.3 Å². The van der Waals surface area contributed by atoms with Crippen LogP contribution in [0.25, 0.3) is 32.6 Å². The molecule has 1 fully saturated rings. The van der Waals surface area contributed by atoms with Gasteiger partial charge >= 0.3 is 5.97 Å². The standard InChI is InChI=1S/C26H23ClN2O5S/c1-33-20-8-7-17(13-18(20)27)24-23(16-5-3-2-4-6-16)25-19(14-21(35-25)26(31)32)29(24)15-22(30)28-9-11-34-12-10-28/h2-8,13-14H,9-12,15H2,1H3,(H,31,32). The van der Waals surface area contributed by atoms with E-state index >= 15 is 0 Å². The maximum Gasteiger partial charge on any atom is 0.345 e. The number of rotatable bonds is 6. The molecule has 0 saturated carbocycles. The molecule has 1 saturated heterocycles. The second-order valence-electron chi connectivity index (χ2n) is 8.15. The lowest BCUT2D eigenvalue weighted by Crippen LogP contribution is -2.42. The molecule has 3 heterocycles. The molecule has 4 aromatic rings. The van der Waals surface area contributed by atoms with E-state index in [1.54, 1.807) is 24.1 Å². The number of carboxylic acid groups (broad SMARTS) is 1. The Labute approximate surface area is 211 Å². The molecular weight excluding hydrogens is 488 g/mol. The van der Waals surface area contributed by atoms with Gasteiger partial charge in [-0.1, -0.05) is 41.9 Å². The molecule has 7 nitrogen and oxygen atoms in total. The first-order valence-electron chi connectivity index (χ1n) is 11.1. The van der Waals surface area contributed by atoms with Gasteiger partial charge in [0.1, 0.15) is 17.2 Å². The molecule has 5 rings (SSSR count). The van der Waals surface area contributed by atoms with E-state index in [9.17, 15) is 14.7 Å². The summed E-state index contributed by atoms with van der Waals surface area (Å²) in [4.78, 5) is 27.2. The molecule has 2 aromatic heterocycles. The summed E-state index contributed by atoms with van der Waals surface area (Å²) in [5.41, 5.74) is 4.12. The minimum absolute atomic E-state index is 0.0475. The van der Waals surface area contributed by atoms with Crippen LogP contribution in [0.3, 0.4) is 0 Å². The van der Waals surface area contributed by atoms with Crippen LogP contribution < -0.4 is 4.74 Å². The number of carboxylic acids is 1. The Morgan fingerprint density at radius 2 is 1.83 bits per heavy atom. The first-order chi connectivity index (χ1) is 17.0. The lowest BCUT2D eigenvalue weighted by Gasteiger charge is -2.27. The fraction of sp³-hybridized carbons (Fsp3) is 0.231. The molecule has 35 heavy (non-hydrogen) atoms. The van der Waals surface area contributed by atoms with Crippen LogP contribution in [0.5, 0.6) is 5.75 Å². The van der Waals surface area contributed by atoms with Crippen LogP contribution in [0.4, 0.5) is 0 Å². The summed E-state index contributed by atoms with van der Waals surface area (Å²) in [5, 5.41) is 10.2. The van der Waals surface area contributed by atoms with E-state index < -0.39 is 5.97 Å². The summed E-state index contributed by atoms with van der Waals surface area (Å²) in [5.74, 6) is -0.492. The predicted molar refractivity (Wildman–Crippen MR) is 137 cm³/mol. The summed E-state index contributed by atoms with van der Waals surface area (Å²) >= 11 is 7.71. The van der Waals surface area contributed by atoms with Crippen LogP contribution >= 0.6 is 22.9 Å². The fourth-order valence-electron chi connectivity index (χ4n) is 4.43. The molecule has 0 atom stereocenters. The first kappa shape index (κ1) is 23.4. The number of hydrogen-bond acceptors (Lipinski definition) is 5. The van der Waals surface area contributed by atoms with Gasteiger partial charge in [0.15, 0.2) is 0 Å². The number of carbonyl (C=O) groups excluding carboxylic acids is 1. The SMILES string of the molecule is COc1ccc(-c2c(-c3ccccc3)c3sc(C(=O)O)cc3n2CC(=O)N2CCOCC2)cc1Cl. The molecule has 0 unspecified atom stereocenters. The Morgan fingerprint density at radius 1 is 1.09 bits per heavy atom. The molecule has 0 aliphatic carbocycles. The summed E-state index contributed by atoms with van der Waals surface area (Å²) in [6, 6.07) is 16.9. The van der Waals surface area contributed by atoms with Crippen LogP contribution in [0, 0.1) is 0 Å². The Hall–Kier alpha value is -3.33. The number of fused-ring (bicyclic) bond motifs is 1. The number of carbonyl (C=O) groups is 2. The molecular formula is C26H23ClN2O5S. The third kappa shape index (κ3) is 4.40. The van der Waals surface area contributed by atoms with Crippen LogP contribution in [0.15, 0.2) is 54.6 Å². The predicted octanol–water partition coefficient (Wildman–Crippen LogP) is 5.26. The lowest BCUT2D eigenvalue weighted by atomic mass is 10.0. The average Bonchev–Trinajstić information content (AvgIpc) is 3.43. The number of methoxy groups -OCH3 is 1. The van der Waals surface area contributed by atoms with Gasteiger partial charge in [-0.05, 0) is 29.8 Å². The largest absolute Gasteiger partial charge is 0.495 e. The van der Waals surface area contributed by atoms with Crippen LogP contribution in [-0.2, 0) is 16.1 Å². The number of halogens is 1. The highest BCUT2D eigenvalue weighted by Crippen LogP contribution is 2.45. The topological polar surface area (TPSA) is 81.0 Å². The van der Waals surface area contributed by atoms with Crippen molar-refractivity contribution in [1.29, 1.82) is 0 Å². The van der Waals surface area contributed by atoms with Crippen molar-refractivity contribution in [3.05, 3.63) is 64.5 Å². The number of ether oxygens (including phenoxy) is 2. The second-order valence-corrected chi connectivity index (χ2v) is 9.61. The third-order valence-electron chi connectivity index (χ3n) is 6.09. The average molecular weight is 511 g/mol. The molecule has 9 heteroatoms. The van der Waals surface area contributed by atoms with Crippen LogP contribution in [0.1, 0.15) is 9.67 Å². The smallest absolute Gasteiger partial charge is 0.345 e. The quantitative estimate of drug-likeness (QED) is 0.383. The van der Waals surface area contributed by atoms with E-state index in [0.29, 0.717) is 42.6 Å². The molecule has 1 amide bonds. The van der Waals surface area contributed by atoms with E-state index in [1.807, 2.05) is 47.0 Å². The fourth-order valence-corrected chi connectivity index (χ4v) is 5.75. The molecule has 1 aliphatic rings. The lowest BCUT2D eigenvalue weighted by molar-refractivity contribution is -0.135. The minimum Gasteiger partial charge on any atom is -0.495 e. The van der Waals surface area contributed by atoms with Crippen LogP contribution in [0.2, 0.25) is 5.02 Å². The van der Waals surface area contributed by atoms with E-state index in [2.05, 4.69) is 0 Å². The second kappa shape index (κ2) is 9.73. The Bertz CT molecular complexity index is 1410. The van der Waals surface area contributed by atoms with E-state index in [4.69, 9.17) is 21.1 Å². The van der Waals surface area contributed by atoms with Gasteiger partial charge in [-0.15, -0.1) is 11.3 Å². The number of amides is 1. The molecule has 0 spiro atoms. The molecule has 2 aromatic carbocycles. The molecule has 1 N–H and O–H groups in total. The number of benzene rings is 2. The molecule has 1 aliphatic heterocycles. The number of aromatic nitrogens is 1. The summed E-state index contributed by atoms with van der Waals surface area (Å²) < 4.78 is 13.5. The van der Waals surface area contributed by atoms with Gasteiger partial charge in [0, 0.05) is 24.2 Å². The van der Waals surface area contributed by atoms with Gasteiger partial charge in [-0.2, -0.15) is 0 Å². The van der Waals surface area contributed by atoms with Gasteiger partial charge in [0.25, 0.3) is 0 Å². The van der Waals surface area contributed by atoms with Crippen molar-refractivity contribution in [2.75, 3.05) is 33.4 Å². The monoisotopic (exact) mass is 510 g/mol. The van der Waals surface area contributed by atoms with E-state index in [0.717, 1.165) is 27.1 Å². The molecule has 0 bridgehead atoms. The number of hydrogen-bond donors (Lipinski definition) is 1.